The Morgan fingerprint density at radius 3 is 2.78 bits per heavy atom. The minimum Gasteiger partial charge on any atom is -0.486 e. The van der Waals surface area contributed by atoms with Gasteiger partial charge in [-0.05, 0) is 18.2 Å². The van der Waals surface area contributed by atoms with Gasteiger partial charge in [-0.2, -0.15) is 5.10 Å². The Bertz CT molecular complexity index is 851. The molecule has 0 bridgehead atoms. The summed E-state index contributed by atoms with van der Waals surface area (Å²) >= 11 is 5.82. The molecule has 3 heterocycles. The number of anilines is 1. The predicted octanol–water partition coefficient (Wildman–Crippen LogP) is 1.03. The highest BCUT2D eigenvalue weighted by Gasteiger charge is 2.23. The van der Waals surface area contributed by atoms with Gasteiger partial charge in [0.2, 0.25) is 0 Å². The molecule has 1 fully saturated rings. The Labute approximate surface area is 162 Å². The van der Waals surface area contributed by atoms with Gasteiger partial charge in [0.05, 0.1) is 11.9 Å². The number of hydrogen-bond donors (Lipinski definition) is 1. The third-order valence-corrected chi connectivity index (χ3v) is 5.04. The number of hydrogen-bond acceptors (Lipinski definition) is 7. The quantitative estimate of drug-likeness (QED) is 0.816. The summed E-state index contributed by atoms with van der Waals surface area (Å²) in [7, 11) is 0. The zero-order chi connectivity index (χ0) is 18.6. The van der Waals surface area contributed by atoms with E-state index in [4.69, 9.17) is 21.1 Å². The fourth-order valence-corrected chi connectivity index (χ4v) is 3.47. The first kappa shape index (κ1) is 17.9. The molecule has 0 aliphatic carbocycles. The Morgan fingerprint density at radius 1 is 1.11 bits per heavy atom. The van der Waals surface area contributed by atoms with Gasteiger partial charge in [-0.15, -0.1) is 4.79 Å². The van der Waals surface area contributed by atoms with Crippen LogP contribution >= 0.6 is 11.6 Å². The second-order valence-corrected chi connectivity index (χ2v) is 6.84. The topological polar surface area (TPSA) is 71.9 Å². The largest absolute Gasteiger partial charge is 0.486 e. The van der Waals surface area contributed by atoms with Crippen molar-refractivity contribution in [3.63, 3.8) is 0 Å². The molecule has 0 saturated carbocycles. The van der Waals surface area contributed by atoms with E-state index in [1.54, 1.807) is 0 Å². The number of halogens is 1. The van der Waals surface area contributed by atoms with Crippen LogP contribution in [0.25, 0.3) is 0 Å². The van der Waals surface area contributed by atoms with Crippen molar-refractivity contribution in [2.75, 3.05) is 62.8 Å². The van der Waals surface area contributed by atoms with Crippen LogP contribution in [0.4, 0.5) is 5.69 Å². The van der Waals surface area contributed by atoms with Crippen molar-refractivity contribution >= 4 is 17.3 Å². The zero-order valence-corrected chi connectivity index (χ0v) is 15.7. The highest BCUT2D eigenvalue weighted by molar-refractivity contribution is 6.30. The number of nitrogens with zero attached hydrogens (tertiary/aromatic N) is 4. The number of fused-ring (bicyclic) bond motifs is 1. The van der Waals surface area contributed by atoms with Gasteiger partial charge in [-0.25, -0.2) is 0 Å². The first-order valence-corrected chi connectivity index (χ1v) is 9.44. The number of ether oxygens (including phenoxy) is 2. The molecule has 4 rings (SSSR count). The van der Waals surface area contributed by atoms with Crippen LogP contribution in [0.5, 0.6) is 11.5 Å². The summed E-state index contributed by atoms with van der Waals surface area (Å²) < 4.78 is 11.5. The van der Waals surface area contributed by atoms with Crippen molar-refractivity contribution in [2.24, 2.45) is 0 Å². The van der Waals surface area contributed by atoms with Crippen LogP contribution in [-0.2, 0) is 0 Å². The fraction of sp³-hybridized carbons (Fsp3) is 0.444. The van der Waals surface area contributed by atoms with Gasteiger partial charge in [0.25, 0.3) is 0 Å². The molecule has 0 atom stereocenters. The lowest BCUT2D eigenvalue weighted by atomic mass is 10.2. The van der Waals surface area contributed by atoms with Crippen molar-refractivity contribution in [2.45, 2.75) is 0 Å². The Balaban J connectivity index is 1.30. The van der Waals surface area contributed by atoms with Crippen molar-refractivity contribution in [3.05, 3.63) is 45.8 Å². The summed E-state index contributed by atoms with van der Waals surface area (Å²) in [6.07, 6.45) is 1.50. The van der Waals surface area contributed by atoms with Gasteiger partial charge < -0.3 is 19.8 Å². The Morgan fingerprint density at radius 2 is 1.93 bits per heavy atom. The molecular formula is C18H22ClN5O3. The minimum absolute atomic E-state index is 0.156. The van der Waals surface area contributed by atoms with E-state index in [0.717, 1.165) is 49.9 Å². The predicted molar refractivity (Wildman–Crippen MR) is 104 cm³/mol. The van der Waals surface area contributed by atoms with Crippen LogP contribution in [0, 0.1) is 0 Å². The van der Waals surface area contributed by atoms with Gasteiger partial charge in [0.15, 0.2) is 11.5 Å². The van der Waals surface area contributed by atoms with Crippen LogP contribution in [0.3, 0.4) is 0 Å². The monoisotopic (exact) mass is 391 g/mol. The third-order valence-electron chi connectivity index (χ3n) is 4.75. The van der Waals surface area contributed by atoms with Crippen molar-refractivity contribution < 1.29 is 9.47 Å². The molecule has 2 aliphatic heterocycles. The minimum atomic E-state index is -0.333. The molecule has 1 N–H and O–H groups in total. The molecule has 144 valence electrons. The molecule has 2 aliphatic rings. The third kappa shape index (κ3) is 3.96. The van der Waals surface area contributed by atoms with E-state index < -0.39 is 0 Å². The SMILES string of the molecule is O=c1c(Cl)ccnn1NCCN1CCN(c2cccc3c2OCCO3)CC1. The van der Waals surface area contributed by atoms with Crippen LogP contribution in [0.2, 0.25) is 5.02 Å². The first-order chi connectivity index (χ1) is 13.2. The van der Waals surface area contributed by atoms with Crippen LogP contribution in [0.15, 0.2) is 35.3 Å². The van der Waals surface area contributed by atoms with Crippen LogP contribution in [-0.4, -0.2) is 67.3 Å². The molecule has 27 heavy (non-hydrogen) atoms. The molecule has 0 amide bonds. The lowest BCUT2D eigenvalue weighted by Gasteiger charge is -2.37. The Hall–Kier alpha value is -2.45. The number of piperazine rings is 1. The average molecular weight is 392 g/mol. The van der Waals surface area contributed by atoms with Gasteiger partial charge in [-0.3, -0.25) is 9.69 Å². The van der Waals surface area contributed by atoms with Crippen molar-refractivity contribution in [1.29, 1.82) is 0 Å². The second-order valence-electron chi connectivity index (χ2n) is 6.43. The maximum Gasteiger partial charge on any atom is 0.304 e. The molecule has 0 spiro atoms. The van der Waals surface area contributed by atoms with E-state index in [1.165, 1.54) is 17.1 Å². The summed E-state index contributed by atoms with van der Waals surface area (Å²) in [5.74, 6) is 1.68. The summed E-state index contributed by atoms with van der Waals surface area (Å²) in [4.78, 5) is 17.7. The first-order valence-electron chi connectivity index (χ1n) is 9.06. The molecule has 1 aromatic carbocycles. The van der Waals surface area contributed by atoms with Crippen molar-refractivity contribution in [1.82, 2.24) is 14.8 Å². The molecule has 9 heteroatoms. The van der Waals surface area contributed by atoms with E-state index in [-0.39, 0.29) is 10.6 Å². The molecule has 8 nitrogen and oxygen atoms in total. The van der Waals surface area contributed by atoms with Gasteiger partial charge in [0.1, 0.15) is 18.2 Å². The van der Waals surface area contributed by atoms with E-state index in [2.05, 4.69) is 26.4 Å². The van der Waals surface area contributed by atoms with Crippen LogP contribution in [0.1, 0.15) is 0 Å². The second kappa shape index (κ2) is 8.06. The van der Waals surface area contributed by atoms with Crippen molar-refractivity contribution in [3.8, 4) is 11.5 Å². The Kier molecular flexibility index (Phi) is 5.35. The smallest absolute Gasteiger partial charge is 0.304 e. The lowest BCUT2D eigenvalue weighted by Crippen LogP contribution is -2.48. The molecule has 2 aromatic rings. The maximum absolute atomic E-state index is 11.8. The number of benzene rings is 1. The standard InChI is InChI=1S/C18H22ClN5O3/c19-14-4-5-20-24(18(14)25)21-6-7-22-8-10-23(11-9-22)15-2-1-3-16-17(15)27-13-12-26-16/h1-5,21H,6-13H2. The normalized spacial score (nSPS) is 17.0. The summed E-state index contributed by atoms with van der Waals surface area (Å²) in [5.41, 5.74) is 3.77. The number of rotatable bonds is 5. The fourth-order valence-electron chi connectivity index (χ4n) is 3.34. The number of para-hydroxylation sites is 1. The summed E-state index contributed by atoms with van der Waals surface area (Å²) in [5, 5.41) is 4.13. The highest BCUT2D eigenvalue weighted by atomic mass is 35.5. The molecular weight excluding hydrogens is 370 g/mol. The molecule has 1 saturated heterocycles. The van der Waals surface area contributed by atoms with Crippen LogP contribution < -0.4 is 25.4 Å². The van der Waals surface area contributed by atoms with Gasteiger partial charge >= 0.3 is 5.56 Å². The molecule has 0 unspecified atom stereocenters. The zero-order valence-electron chi connectivity index (χ0n) is 14.9. The van der Waals surface area contributed by atoms with E-state index in [0.29, 0.717) is 19.8 Å². The van der Waals surface area contributed by atoms with E-state index in [9.17, 15) is 4.79 Å². The lowest BCUT2D eigenvalue weighted by molar-refractivity contribution is 0.171. The summed E-state index contributed by atoms with van der Waals surface area (Å²) in [6.45, 7) is 6.32. The van der Waals surface area contributed by atoms with Gasteiger partial charge in [0, 0.05) is 39.3 Å². The number of nitrogens with one attached hydrogen (secondary N) is 1. The van der Waals surface area contributed by atoms with E-state index in [1.807, 2.05) is 12.1 Å². The number of aromatic nitrogens is 2. The maximum atomic E-state index is 11.8. The molecule has 0 radical (unpaired) electrons. The molecule has 1 aromatic heterocycles. The van der Waals surface area contributed by atoms with E-state index >= 15 is 0 Å². The van der Waals surface area contributed by atoms with Gasteiger partial charge in [-0.1, -0.05) is 17.7 Å². The highest BCUT2D eigenvalue weighted by Crippen LogP contribution is 2.39. The summed E-state index contributed by atoms with van der Waals surface area (Å²) in [6, 6.07) is 7.53. The average Bonchev–Trinajstić information content (AvgIpc) is 2.71.